The Kier molecular flexibility index (Phi) is 7.47. The highest BCUT2D eigenvalue weighted by Gasteiger charge is 2.30. The largest absolute Gasteiger partial charge is 0.373 e. The van der Waals surface area contributed by atoms with Crippen molar-refractivity contribution in [2.75, 3.05) is 77.0 Å². The number of ether oxygens (including phenoxy) is 1. The van der Waals surface area contributed by atoms with Crippen LogP contribution in [-0.2, 0) is 4.74 Å². The van der Waals surface area contributed by atoms with Crippen LogP contribution in [-0.4, -0.2) is 108 Å². The molecule has 174 valence electrons. The van der Waals surface area contributed by atoms with Crippen LogP contribution in [0.5, 0.6) is 0 Å². The summed E-state index contributed by atoms with van der Waals surface area (Å²) in [5.74, 6) is 1.70. The Morgan fingerprint density at radius 2 is 1.52 bits per heavy atom. The summed E-state index contributed by atoms with van der Waals surface area (Å²) in [6.07, 6.45) is 6.75. The van der Waals surface area contributed by atoms with Crippen LogP contribution in [0.2, 0.25) is 0 Å². The van der Waals surface area contributed by atoms with E-state index in [1.807, 2.05) is 19.3 Å². The number of piperazine rings is 1. The summed E-state index contributed by atoms with van der Waals surface area (Å²) in [5, 5.41) is 0. The number of aryl methyl sites for hydroxylation is 1. The lowest BCUT2D eigenvalue weighted by molar-refractivity contribution is 0.00133. The van der Waals surface area contributed by atoms with Gasteiger partial charge in [-0.05, 0) is 65.1 Å². The van der Waals surface area contributed by atoms with Gasteiger partial charge in [0.2, 0.25) is 5.95 Å². The van der Waals surface area contributed by atoms with Crippen molar-refractivity contribution >= 4 is 5.95 Å². The summed E-state index contributed by atoms with van der Waals surface area (Å²) in [7, 11) is 0. The normalized spacial score (nSPS) is 25.8. The molecular formula is C24H42N6O. The Hall–Kier alpha value is -1.28. The van der Waals surface area contributed by atoms with Crippen LogP contribution in [0.25, 0.3) is 0 Å². The van der Waals surface area contributed by atoms with Crippen molar-refractivity contribution in [2.45, 2.75) is 52.2 Å². The van der Waals surface area contributed by atoms with E-state index in [1.165, 1.54) is 45.6 Å². The second-order valence-electron chi connectivity index (χ2n) is 10.7. The number of nitrogens with zero attached hydrogens (tertiary/aromatic N) is 6. The topological polar surface area (TPSA) is 48.0 Å². The summed E-state index contributed by atoms with van der Waals surface area (Å²) in [5.41, 5.74) is 1.42. The molecule has 1 atom stereocenters. The maximum Gasteiger partial charge on any atom is 0.225 e. The number of likely N-dealkylation sites (tertiary alicyclic amines) is 1. The zero-order chi connectivity index (χ0) is 21.8. The Morgan fingerprint density at radius 1 is 0.903 bits per heavy atom. The van der Waals surface area contributed by atoms with E-state index in [0.29, 0.717) is 5.54 Å². The number of morpholine rings is 1. The first-order valence-corrected chi connectivity index (χ1v) is 12.2. The Balaban J connectivity index is 1.17. The smallest absolute Gasteiger partial charge is 0.225 e. The fourth-order valence-electron chi connectivity index (χ4n) is 5.15. The molecule has 0 bridgehead atoms. The first kappa shape index (κ1) is 22.9. The second-order valence-corrected chi connectivity index (χ2v) is 10.7. The lowest BCUT2D eigenvalue weighted by atomic mass is 9.92. The minimum atomic E-state index is 0.243. The SMILES string of the molecule is Cc1cnc(N2CCOC(CN3CCN(CC4CCN(C(C)(C)C)CC4)CC3)C2)nc1. The molecular weight excluding hydrogens is 388 g/mol. The molecule has 7 nitrogen and oxygen atoms in total. The number of rotatable bonds is 5. The maximum absolute atomic E-state index is 6.08. The van der Waals surface area contributed by atoms with Crippen LogP contribution in [0.4, 0.5) is 5.95 Å². The van der Waals surface area contributed by atoms with E-state index in [-0.39, 0.29) is 6.10 Å². The van der Waals surface area contributed by atoms with Gasteiger partial charge >= 0.3 is 0 Å². The predicted octanol–water partition coefficient (Wildman–Crippen LogP) is 2.12. The van der Waals surface area contributed by atoms with Crippen LogP contribution in [0.1, 0.15) is 39.2 Å². The molecule has 0 aliphatic carbocycles. The first-order valence-electron chi connectivity index (χ1n) is 12.2. The van der Waals surface area contributed by atoms with Crippen LogP contribution >= 0.6 is 0 Å². The standard InChI is InChI=1S/C24H42N6O/c1-20-15-25-23(26-16-20)29-13-14-31-22(19-29)18-28-11-9-27(10-12-28)17-21-5-7-30(8-6-21)24(2,3)4/h15-16,21-22H,5-14,17-19H2,1-4H3. The average Bonchev–Trinajstić information content (AvgIpc) is 2.76. The van der Waals surface area contributed by atoms with E-state index >= 15 is 0 Å². The third-order valence-corrected chi connectivity index (χ3v) is 7.20. The Bertz CT molecular complexity index is 674. The van der Waals surface area contributed by atoms with Gasteiger partial charge in [-0.25, -0.2) is 9.97 Å². The van der Waals surface area contributed by atoms with Gasteiger partial charge in [0.25, 0.3) is 0 Å². The monoisotopic (exact) mass is 430 g/mol. The number of anilines is 1. The predicted molar refractivity (Wildman–Crippen MR) is 126 cm³/mol. The number of aromatic nitrogens is 2. The maximum atomic E-state index is 6.08. The van der Waals surface area contributed by atoms with Crippen molar-refractivity contribution in [3.05, 3.63) is 18.0 Å². The van der Waals surface area contributed by atoms with E-state index < -0.39 is 0 Å². The molecule has 1 aromatic heterocycles. The molecule has 1 aromatic rings. The lowest BCUT2D eigenvalue weighted by Gasteiger charge is -2.43. The highest BCUT2D eigenvalue weighted by Crippen LogP contribution is 2.25. The van der Waals surface area contributed by atoms with Gasteiger partial charge in [0.15, 0.2) is 0 Å². The molecule has 3 saturated heterocycles. The van der Waals surface area contributed by atoms with E-state index in [1.54, 1.807) is 0 Å². The molecule has 0 spiro atoms. The summed E-state index contributed by atoms with van der Waals surface area (Å²) in [6, 6.07) is 0. The van der Waals surface area contributed by atoms with Crippen molar-refractivity contribution in [3.63, 3.8) is 0 Å². The number of hydrogen-bond donors (Lipinski definition) is 0. The molecule has 31 heavy (non-hydrogen) atoms. The summed E-state index contributed by atoms with van der Waals surface area (Å²) in [6.45, 7) is 21.1. The third kappa shape index (κ3) is 6.37. The average molecular weight is 431 g/mol. The van der Waals surface area contributed by atoms with Crippen molar-refractivity contribution in [1.29, 1.82) is 0 Å². The molecule has 1 unspecified atom stereocenters. The van der Waals surface area contributed by atoms with E-state index in [4.69, 9.17) is 4.74 Å². The van der Waals surface area contributed by atoms with Gasteiger partial charge in [-0.2, -0.15) is 0 Å². The summed E-state index contributed by atoms with van der Waals surface area (Å²) in [4.78, 5) is 19.2. The van der Waals surface area contributed by atoms with Gasteiger partial charge in [-0.1, -0.05) is 0 Å². The van der Waals surface area contributed by atoms with Crippen LogP contribution in [0.3, 0.4) is 0 Å². The molecule has 0 saturated carbocycles. The van der Waals surface area contributed by atoms with Gasteiger partial charge in [0, 0.05) is 70.3 Å². The molecule has 4 heterocycles. The Morgan fingerprint density at radius 3 is 2.13 bits per heavy atom. The highest BCUT2D eigenvalue weighted by atomic mass is 16.5. The molecule has 7 heteroatoms. The highest BCUT2D eigenvalue weighted by molar-refractivity contribution is 5.30. The van der Waals surface area contributed by atoms with Gasteiger partial charge < -0.3 is 14.5 Å². The van der Waals surface area contributed by atoms with Gasteiger partial charge in [-0.15, -0.1) is 0 Å². The van der Waals surface area contributed by atoms with Crippen LogP contribution < -0.4 is 4.90 Å². The Labute approximate surface area is 188 Å². The van der Waals surface area contributed by atoms with E-state index in [0.717, 1.165) is 56.8 Å². The van der Waals surface area contributed by atoms with Crippen LogP contribution in [0.15, 0.2) is 12.4 Å². The van der Waals surface area contributed by atoms with Crippen LogP contribution in [0, 0.1) is 12.8 Å². The number of hydrogen-bond acceptors (Lipinski definition) is 7. The van der Waals surface area contributed by atoms with E-state index in [2.05, 4.69) is 50.3 Å². The lowest BCUT2D eigenvalue weighted by Crippen LogP contribution is -2.54. The summed E-state index contributed by atoms with van der Waals surface area (Å²) < 4.78 is 6.08. The quantitative estimate of drug-likeness (QED) is 0.709. The second kappa shape index (κ2) is 10.1. The zero-order valence-corrected chi connectivity index (χ0v) is 20.1. The summed E-state index contributed by atoms with van der Waals surface area (Å²) >= 11 is 0. The van der Waals surface area contributed by atoms with Crippen molar-refractivity contribution in [2.24, 2.45) is 5.92 Å². The van der Waals surface area contributed by atoms with Gasteiger partial charge in [0.05, 0.1) is 12.7 Å². The fraction of sp³-hybridized carbons (Fsp3) is 0.833. The van der Waals surface area contributed by atoms with Crippen molar-refractivity contribution in [1.82, 2.24) is 24.7 Å². The first-order chi connectivity index (χ1) is 14.9. The molecule has 0 radical (unpaired) electrons. The molecule has 3 fully saturated rings. The molecule has 0 amide bonds. The van der Waals surface area contributed by atoms with Crippen molar-refractivity contribution < 1.29 is 4.74 Å². The fourth-order valence-corrected chi connectivity index (χ4v) is 5.15. The molecule has 4 rings (SSSR count). The third-order valence-electron chi connectivity index (χ3n) is 7.20. The molecule has 0 aromatic carbocycles. The van der Waals surface area contributed by atoms with Gasteiger partial charge in [-0.3, -0.25) is 9.80 Å². The molecule has 3 aliphatic heterocycles. The minimum absolute atomic E-state index is 0.243. The molecule has 3 aliphatic rings. The zero-order valence-electron chi connectivity index (χ0n) is 20.1. The molecule has 0 N–H and O–H groups in total. The van der Waals surface area contributed by atoms with E-state index in [9.17, 15) is 0 Å². The van der Waals surface area contributed by atoms with Gasteiger partial charge in [0.1, 0.15) is 0 Å². The minimum Gasteiger partial charge on any atom is -0.373 e. The van der Waals surface area contributed by atoms with Crippen molar-refractivity contribution in [3.8, 4) is 0 Å². The number of piperidine rings is 1.